The molecule has 1 rings (SSSR count). The Bertz CT molecular complexity index is 155. The number of hydrogen-bond donors (Lipinski definition) is 2. The van der Waals surface area contributed by atoms with Gasteiger partial charge in [-0.05, 0) is 43.6 Å². The zero-order valence-electron chi connectivity index (χ0n) is 9.17. The third-order valence-electron chi connectivity index (χ3n) is 3.05. The third kappa shape index (κ3) is 4.67. The molecule has 3 N–H and O–H groups in total. The van der Waals surface area contributed by atoms with Crippen LogP contribution in [-0.4, -0.2) is 28.8 Å². The first-order valence-electron chi connectivity index (χ1n) is 5.64. The first-order valence-corrected chi connectivity index (χ1v) is 6.80. The lowest BCUT2D eigenvalue weighted by Gasteiger charge is -2.20. The van der Waals surface area contributed by atoms with Crippen LogP contribution in [0.5, 0.6) is 0 Å². The summed E-state index contributed by atoms with van der Waals surface area (Å²) in [6.45, 7) is 2.19. The molecule has 0 bridgehead atoms. The molecule has 1 aliphatic carbocycles. The van der Waals surface area contributed by atoms with Crippen molar-refractivity contribution in [1.29, 1.82) is 0 Å². The highest BCUT2D eigenvalue weighted by molar-refractivity contribution is 7.99. The molecule has 0 heterocycles. The minimum atomic E-state index is -0.650. The normalized spacial score (nSPS) is 22.5. The zero-order valence-corrected chi connectivity index (χ0v) is 9.98. The molecular formula is C11H23NOS. The van der Waals surface area contributed by atoms with E-state index in [1.807, 2.05) is 18.7 Å². The molecule has 0 radical (unpaired) electrons. The molecule has 0 aromatic heterocycles. The second-order valence-corrected chi connectivity index (χ2v) is 5.83. The highest BCUT2D eigenvalue weighted by atomic mass is 32.2. The Morgan fingerprint density at radius 3 is 2.64 bits per heavy atom. The molecule has 1 saturated carbocycles. The van der Waals surface area contributed by atoms with E-state index in [4.69, 9.17) is 5.73 Å². The average molecular weight is 217 g/mol. The van der Waals surface area contributed by atoms with Crippen LogP contribution in [0.3, 0.4) is 0 Å². The molecule has 14 heavy (non-hydrogen) atoms. The van der Waals surface area contributed by atoms with E-state index >= 15 is 0 Å². The summed E-state index contributed by atoms with van der Waals surface area (Å²) in [5.41, 5.74) is 4.80. The summed E-state index contributed by atoms with van der Waals surface area (Å²) in [5.74, 6) is 3.27. The van der Waals surface area contributed by atoms with Crippen LogP contribution in [0.15, 0.2) is 0 Å². The van der Waals surface area contributed by atoms with Gasteiger partial charge in [-0.1, -0.05) is 12.8 Å². The predicted octanol–water partition coefficient (Wildman–Crippen LogP) is 2.01. The molecule has 1 atom stereocenters. The molecule has 0 spiro atoms. The SMILES string of the molecule is CC(O)(CN)CCSCC1CCCC1. The van der Waals surface area contributed by atoms with Gasteiger partial charge in [0.2, 0.25) is 0 Å². The smallest absolute Gasteiger partial charge is 0.0749 e. The zero-order chi connectivity index (χ0) is 10.4. The van der Waals surface area contributed by atoms with E-state index in [0.29, 0.717) is 6.54 Å². The van der Waals surface area contributed by atoms with Crippen LogP contribution >= 0.6 is 11.8 Å². The van der Waals surface area contributed by atoms with Crippen molar-refractivity contribution in [3.05, 3.63) is 0 Å². The molecule has 0 saturated heterocycles. The fourth-order valence-electron chi connectivity index (χ4n) is 1.82. The maximum Gasteiger partial charge on any atom is 0.0749 e. The van der Waals surface area contributed by atoms with Crippen molar-refractivity contribution >= 4 is 11.8 Å². The van der Waals surface area contributed by atoms with Crippen LogP contribution in [0.1, 0.15) is 39.0 Å². The lowest BCUT2D eigenvalue weighted by atomic mass is 10.1. The lowest BCUT2D eigenvalue weighted by molar-refractivity contribution is 0.0665. The standard InChI is InChI=1S/C11H23NOS/c1-11(13,9-12)6-7-14-8-10-4-2-3-5-10/h10,13H,2-9,12H2,1H3. The topological polar surface area (TPSA) is 46.2 Å². The predicted molar refractivity (Wildman–Crippen MR) is 63.6 cm³/mol. The molecule has 1 fully saturated rings. The Hall–Kier alpha value is 0.270. The van der Waals surface area contributed by atoms with Crippen LogP contribution in [0.4, 0.5) is 0 Å². The minimum Gasteiger partial charge on any atom is -0.389 e. The number of rotatable bonds is 6. The molecular weight excluding hydrogens is 194 g/mol. The summed E-state index contributed by atoms with van der Waals surface area (Å²) < 4.78 is 0. The molecule has 0 aromatic carbocycles. The van der Waals surface area contributed by atoms with Crippen LogP contribution in [0, 0.1) is 5.92 Å². The molecule has 3 heteroatoms. The highest BCUT2D eigenvalue weighted by Gasteiger charge is 2.18. The van der Waals surface area contributed by atoms with Crippen molar-refractivity contribution in [3.8, 4) is 0 Å². The van der Waals surface area contributed by atoms with E-state index in [9.17, 15) is 5.11 Å². The van der Waals surface area contributed by atoms with Crippen molar-refractivity contribution < 1.29 is 5.11 Å². The van der Waals surface area contributed by atoms with Gasteiger partial charge >= 0.3 is 0 Å². The highest BCUT2D eigenvalue weighted by Crippen LogP contribution is 2.28. The summed E-state index contributed by atoms with van der Waals surface area (Å²) in [6, 6.07) is 0. The molecule has 84 valence electrons. The van der Waals surface area contributed by atoms with E-state index in [1.54, 1.807) is 0 Å². The van der Waals surface area contributed by atoms with Gasteiger partial charge in [-0.2, -0.15) is 11.8 Å². The molecule has 0 aliphatic heterocycles. The Morgan fingerprint density at radius 1 is 1.43 bits per heavy atom. The van der Waals surface area contributed by atoms with Crippen LogP contribution in [-0.2, 0) is 0 Å². The maximum atomic E-state index is 9.68. The number of hydrogen-bond acceptors (Lipinski definition) is 3. The summed E-state index contributed by atoms with van der Waals surface area (Å²) in [4.78, 5) is 0. The largest absolute Gasteiger partial charge is 0.389 e. The second kappa shape index (κ2) is 5.99. The van der Waals surface area contributed by atoms with Gasteiger partial charge in [0.05, 0.1) is 5.60 Å². The van der Waals surface area contributed by atoms with Gasteiger partial charge < -0.3 is 10.8 Å². The van der Waals surface area contributed by atoms with Gasteiger partial charge in [0, 0.05) is 6.54 Å². The summed E-state index contributed by atoms with van der Waals surface area (Å²) >= 11 is 1.98. The van der Waals surface area contributed by atoms with Crippen molar-refractivity contribution in [2.24, 2.45) is 11.7 Å². The molecule has 0 aromatic rings. The van der Waals surface area contributed by atoms with E-state index in [2.05, 4.69) is 0 Å². The number of thioether (sulfide) groups is 1. The number of aliphatic hydroxyl groups is 1. The van der Waals surface area contributed by atoms with Crippen LogP contribution < -0.4 is 5.73 Å². The van der Waals surface area contributed by atoms with Gasteiger partial charge in [-0.25, -0.2) is 0 Å². The Morgan fingerprint density at radius 2 is 2.07 bits per heavy atom. The lowest BCUT2D eigenvalue weighted by Crippen LogP contribution is -2.34. The van der Waals surface area contributed by atoms with Crippen molar-refractivity contribution in [2.45, 2.75) is 44.6 Å². The summed E-state index contributed by atoms with van der Waals surface area (Å²) in [7, 11) is 0. The Labute approximate surface area is 91.6 Å². The van der Waals surface area contributed by atoms with Gasteiger partial charge in [-0.15, -0.1) is 0 Å². The van der Waals surface area contributed by atoms with Crippen molar-refractivity contribution in [3.63, 3.8) is 0 Å². The van der Waals surface area contributed by atoms with Crippen molar-refractivity contribution in [1.82, 2.24) is 0 Å². The average Bonchev–Trinajstić information content (AvgIpc) is 2.65. The maximum absolute atomic E-state index is 9.68. The fourth-order valence-corrected chi connectivity index (χ4v) is 3.24. The monoisotopic (exact) mass is 217 g/mol. The Balaban J connectivity index is 1.98. The van der Waals surface area contributed by atoms with E-state index < -0.39 is 5.60 Å². The second-order valence-electron chi connectivity index (χ2n) is 4.68. The summed E-state index contributed by atoms with van der Waals surface area (Å²) in [5, 5.41) is 9.68. The summed E-state index contributed by atoms with van der Waals surface area (Å²) in [6.07, 6.45) is 6.50. The molecule has 0 amide bonds. The van der Waals surface area contributed by atoms with E-state index in [-0.39, 0.29) is 0 Å². The Kier molecular flexibility index (Phi) is 5.28. The van der Waals surface area contributed by atoms with Gasteiger partial charge in [0.1, 0.15) is 0 Å². The van der Waals surface area contributed by atoms with E-state index in [1.165, 1.54) is 31.4 Å². The molecule has 1 unspecified atom stereocenters. The van der Waals surface area contributed by atoms with Gasteiger partial charge in [0.15, 0.2) is 0 Å². The number of nitrogens with two attached hydrogens (primary N) is 1. The van der Waals surface area contributed by atoms with Gasteiger partial charge in [-0.3, -0.25) is 0 Å². The van der Waals surface area contributed by atoms with Crippen molar-refractivity contribution in [2.75, 3.05) is 18.1 Å². The first-order chi connectivity index (χ1) is 6.64. The quantitative estimate of drug-likeness (QED) is 0.669. The minimum absolute atomic E-state index is 0.372. The molecule has 2 nitrogen and oxygen atoms in total. The molecule has 1 aliphatic rings. The van der Waals surface area contributed by atoms with Crippen LogP contribution in [0.25, 0.3) is 0 Å². The fraction of sp³-hybridized carbons (Fsp3) is 1.00. The third-order valence-corrected chi connectivity index (χ3v) is 4.25. The van der Waals surface area contributed by atoms with E-state index in [0.717, 1.165) is 18.1 Å². The first kappa shape index (κ1) is 12.3. The van der Waals surface area contributed by atoms with Crippen LogP contribution in [0.2, 0.25) is 0 Å². The van der Waals surface area contributed by atoms with Gasteiger partial charge in [0.25, 0.3) is 0 Å².